The fraction of sp³-hybridized carbons (Fsp3) is 0.100. The van der Waals surface area contributed by atoms with Gasteiger partial charge in [-0.1, -0.05) is 47.3 Å². The Morgan fingerprint density at radius 3 is 2.71 bits per heavy atom. The van der Waals surface area contributed by atoms with E-state index in [-0.39, 0.29) is 17.2 Å². The number of nitrogen functional groups attached to an aromatic ring is 1. The molecule has 2 aromatic carbocycles. The summed E-state index contributed by atoms with van der Waals surface area (Å²) < 4.78 is 4.82. The number of benzene rings is 2. The van der Waals surface area contributed by atoms with E-state index in [1.54, 1.807) is 33.9 Å². The Labute approximate surface area is 234 Å². The molecular formula is C30H25N9O2. The topological polar surface area (TPSA) is 141 Å². The molecule has 0 amide bonds. The van der Waals surface area contributed by atoms with Crippen molar-refractivity contribution in [2.24, 2.45) is 12.2 Å². The molecule has 1 atom stereocenters. The molecule has 41 heavy (non-hydrogen) atoms. The third kappa shape index (κ3) is 4.63. The number of nitrogens with zero attached hydrogens (tertiary/aromatic N) is 7. The summed E-state index contributed by atoms with van der Waals surface area (Å²) in [5.74, 6) is 6.48. The van der Waals surface area contributed by atoms with Crippen molar-refractivity contribution < 1.29 is 5.21 Å². The first-order chi connectivity index (χ1) is 19.9. The fourth-order valence-electron chi connectivity index (χ4n) is 4.83. The first-order valence-electron chi connectivity index (χ1n) is 12.8. The van der Waals surface area contributed by atoms with Crippen LogP contribution in [0.25, 0.3) is 22.1 Å². The molecule has 202 valence electrons. The molecule has 11 nitrogen and oxygen atoms in total. The predicted molar refractivity (Wildman–Crippen MR) is 156 cm³/mol. The monoisotopic (exact) mass is 543 g/mol. The summed E-state index contributed by atoms with van der Waals surface area (Å²) in [6.45, 7) is 1.87. The number of nitrogens with one attached hydrogen (secondary N) is 1. The lowest BCUT2D eigenvalue weighted by Crippen LogP contribution is -2.33. The maximum atomic E-state index is 14.2. The second kappa shape index (κ2) is 10.3. The molecule has 0 aliphatic rings. The minimum absolute atomic E-state index is 0.0759. The molecule has 0 radical (unpaired) electrons. The highest BCUT2D eigenvalue weighted by Gasteiger charge is 2.23. The summed E-state index contributed by atoms with van der Waals surface area (Å²) in [5.41, 5.74) is 9.39. The minimum Gasteiger partial charge on any atom is -0.409 e. The van der Waals surface area contributed by atoms with Crippen LogP contribution >= 0.6 is 0 Å². The lowest BCUT2D eigenvalue weighted by Gasteiger charge is -2.22. The van der Waals surface area contributed by atoms with E-state index in [4.69, 9.17) is 5.73 Å². The van der Waals surface area contributed by atoms with Gasteiger partial charge in [0, 0.05) is 42.6 Å². The molecule has 6 aromatic rings. The minimum atomic E-state index is -0.513. The number of fused-ring (bicyclic) bond motifs is 2. The van der Waals surface area contributed by atoms with Gasteiger partial charge in [0.05, 0.1) is 23.2 Å². The predicted octanol–water partition coefficient (Wildman–Crippen LogP) is 3.24. The van der Waals surface area contributed by atoms with E-state index in [1.807, 2.05) is 74.8 Å². The van der Waals surface area contributed by atoms with Gasteiger partial charge in [-0.25, -0.2) is 9.50 Å². The molecule has 0 bridgehead atoms. The van der Waals surface area contributed by atoms with Gasteiger partial charge in [-0.15, -0.1) is 5.10 Å². The third-order valence-electron chi connectivity index (χ3n) is 6.69. The maximum absolute atomic E-state index is 14.2. The van der Waals surface area contributed by atoms with E-state index in [9.17, 15) is 10.0 Å². The SMILES string of the molecule is C[C@@H](NC(=NO)c1c(N)nn2cccnc12)c1cc2cccc(C#Cc3cnn(C)c3)c2c(=O)n1-c1ccccc1. The summed E-state index contributed by atoms with van der Waals surface area (Å²) in [5, 5.41) is 26.3. The van der Waals surface area contributed by atoms with Crippen molar-refractivity contribution in [3.8, 4) is 17.5 Å². The van der Waals surface area contributed by atoms with E-state index in [1.165, 1.54) is 4.52 Å². The average molecular weight is 544 g/mol. The Morgan fingerprint density at radius 1 is 1.12 bits per heavy atom. The number of oxime groups is 1. The van der Waals surface area contributed by atoms with Gasteiger partial charge in [0.2, 0.25) is 0 Å². The number of hydrogen-bond donors (Lipinski definition) is 3. The van der Waals surface area contributed by atoms with Crippen LogP contribution < -0.4 is 16.6 Å². The molecule has 0 unspecified atom stereocenters. The number of nitrogens with two attached hydrogens (primary N) is 1. The quantitative estimate of drug-likeness (QED) is 0.102. The first kappa shape index (κ1) is 25.4. The lowest BCUT2D eigenvalue weighted by atomic mass is 10.0. The Balaban J connectivity index is 1.49. The Hall–Kier alpha value is -5.89. The second-order valence-corrected chi connectivity index (χ2v) is 9.43. The van der Waals surface area contributed by atoms with Crippen LogP contribution in [-0.4, -0.2) is 40.0 Å². The zero-order valence-corrected chi connectivity index (χ0v) is 22.2. The average Bonchev–Trinajstić information content (AvgIpc) is 3.56. The molecule has 0 spiro atoms. The first-order valence-corrected chi connectivity index (χ1v) is 12.8. The molecule has 0 saturated heterocycles. The lowest BCUT2D eigenvalue weighted by molar-refractivity contribution is 0.316. The number of rotatable bonds is 4. The molecule has 4 aromatic heterocycles. The largest absolute Gasteiger partial charge is 0.409 e. The fourth-order valence-corrected chi connectivity index (χ4v) is 4.83. The summed E-state index contributed by atoms with van der Waals surface area (Å²) in [7, 11) is 1.83. The van der Waals surface area contributed by atoms with Crippen molar-refractivity contribution >= 4 is 28.1 Å². The van der Waals surface area contributed by atoms with Gasteiger partial charge in [-0.3, -0.25) is 14.0 Å². The van der Waals surface area contributed by atoms with Gasteiger partial charge in [-0.2, -0.15) is 5.10 Å². The third-order valence-corrected chi connectivity index (χ3v) is 6.69. The smallest absolute Gasteiger partial charge is 0.264 e. The van der Waals surface area contributed by atoms with Crippen LogP contribution in [0.15, 0.2) is 95.4 Å². The number of para-hydroxylation sites is 1. The normalized spacial score (nSPS) is 12.3. The van der Waals surface area contributed by atoms with Crippen molar-refractivity contribution in [1.82, 2.24) is 34.3 Å². The number of hydrogen-bond acceptors (Lipinski definition) is 7. The number of aromatic nitrogens is 6. The zero-order valence-electron chi connectivity index (χ0n) is 22.2. The highest BCUT2D eigenvalue weighted by molar-refractivity contribution is 6.07. The molecule has 4 N–H and O–H groups in total. The van der Waals surface area contributed by atoms with Crippen LogP contribution in [0, 0.1) is 11.8 Å². The molecule has 0 aliphatic heterocycles. The molecule has 0 saturated carbocycles. The second-order valence-electron chi connectivity index (χ2n) is 9.43. The molecule has 0 aliphatic carbocycles. The van der Waals surface area contributed by atoms with Gasteiger partial charge >= 0.3 is 0 Å². The number of pyridine rings is 1. The van der Waals surface area contributed by atoms with Gasteiger partial charge in [-0.05, 0) is 42.6 Å². The van der Waals surface area contributed by atoms with E-state index in [2.05, 4.69) is 37.5 Å². The molecule has 4 heterocycles. The number of anilines is 1. The van der Waals surface area contributed by atoms with Crippen molar-refractivity contribution in [3.05, 3.63) is 118 Å². The van der Waals surface area contributed by atoms with Crippen molar-refractivity contribution in [3.63, 3.8) is 0 Å². The van der Waals surface area contributed by atoms with E-state index >= 15 is 0 Å². The summed E-state index contributed by atoms with van der Waals surface area (Å²) >= 11 is 0. The van der Waals surface area contributed by atoms with E-state index in [0.717, 1.165) is 10.9 Å². The number of amidine groups is 1. The van der Waals surface area contributed by atoms with Gasteiger partial charge in [0.25, 0.3) is 5.56 Å². The Bertz CT molecular complexity index is 2060. The Kier molecular flexibility index (Phi) is 6.41. The molecule has 0 fully saturated rings. The summed E-state index contributed by atoms with van der Waals surface area (Å²) in [6.07, 6.45) is 6.80. The van der Waals surface area contributed by atoms with Crippen LogP contribution in [0.2, 0.25) is 0 Å². The molecule has 11 heteroatoms. The maximum Gasteiger partial charge on any atom is 0.264 e. The van der Waals surface area contributed by atoms with E-state index in [0.29, 0.717) is 33.5 Å². The van der Waals surface area contributed by atoms with E-state index < -0.39 is 6.04 Å². The highest BCUT2D eigenvalue weighted by Crippen LogP contribution is 2.24. The zero-order chi connectivity index (χ0) is 28.5. The summed E-state index contributed by atoms with van der Waals surface area (Å²) in [6, 6.07) is 18.1. The standard InChI is InChI=1S/C30H25N9O2/c1-19(34-28(36-41)26-27(31)35-38-15-7-14-32-29(26)38)24-16-22-9-6-8-21(13-12-20-17-33-37(2)18-20)25(22)30(40)39(24)23-10-4-3-5-11-23/h3-11,14-19,41H,1-2H3,(H2,31,35)(H,34,36)/t19-/m1/s1. The van der Waals surface area contributed by atoms with Gasteiger partial charge in [0.1, 0.15) is 5.56 Å². The van der Waals surface area contributed by atoms with Gasteiger partial charge < -0.3 is 16.3 Å². The van der Waals surface area contributed by atoms with Crippen molar-refractivity contribution in [2.45, 2.75) is 13.0 Å². The van der Waals surface area contributed by atoms with Gasteiger partial charge in [0.15, 0.2) is 17.3 Å². The number of aryl methyl sites for hydroxylation is 1. The van der Waals surface area contributed by atoms with Crippen molar-refractivity contribution in [1.29, 1.82) is 0 Å². The van der Waals surface area contributed by atoms with Crippen molar-refractivity contribution in [2.75, 3.05) is 5.73 Å². The molecular weight excluding hydrogens is 518 g/mol. The highest BCUT2D eigenvalue weighted by atomic mass is 16.4. The summed E-state index contributed by atoms with van der Waals surface area (Å²) in [4.78, 5) is 18.6. The van der Waals surface area contributed by atoms with Crippen LogP contribution in [0.4, 0.5) is 5.82 Å². The van der Waals surface area contributed by atoms with Crippen LogP contribution in [0.3, 0.4) is 0 Å². The molecule has 6 rings (SSSR count). The van der Waals surface area contributed by atoms with Crippen LogP contribution in [0.1, 0.15) is 35.3 Å². The van der Waals surface area contributed by atoms with Crippen LogP contribution in [0.5, 0.6) is 0 Å². The Morgan fingerprint density at radius 2 is 1.95 bits per heavy atom. The van der Waals surface area contributed by atoms with Crippen LogP contribution in [-0.2, 0) is 7.05 Å².